The Morgan fingerprint density at radius 2 is 2.33 bits per heavy atom. The second-order valence-corrected chi connectivity index (χ2v) is 2.40. The summed E-state index contributed by atoms with van der Waals surface area (Å²) >= 11 is 0. The molecule has 0 aliphatic carbocycles. The number of methoxy groups -OCH3 is 1. The van der Waals surface area contributed by atoms with Crippen molar-refractivity contribution in [2.75, 3.05) is 7.11 Å². The molecule has 0 bridgehead atoms. The van der Waals surface area contributed by atoms with E-state index in [2.05, 4.69) is 14.7 Å². The lowest BCUT2D eigenvalue weighted by Crippen LogP contribution is -2.06. The van der Waals surface area contributed by atoms with Crippen molar-refractivity contribution < 1.29 is 9.53 Å². The van der Waals surface area contributed by atoms with Crippen molar-refractivity contribution in [2.45, 2.75) is 13.3 Å². The van der Waals surface area contributed by atoms with Gasteiger partial charge in [-0.05, 0) is 6.92 Å². The molecule has 0 unspecified atom stereocenters. The van der Waals surface area contributed by atoms with Crippen molar-refractivity contribution in [3.05, 3.63) is 23.8 Å². The highest BCUT2D eigenvalue weighted by molar-refractivity contribution is 5.71. The Labute approximate surface area is 70.6 Å². The molecule has 12 heavy (non-hydrogen) atoms. The quantitative estimate of drug-likeness (QED) is 0.600. The zero-order valence-corrected chi connectivity index (χ0v) is 7.07. The number of hydrogen-bond donors (Lipinski definition) is 0. The van der Waals surface area contributed by atoms with Crippen LogP contribution in [0.5, 0.6) is 0 Å². The fourth-order valence-corrected chi connectivity index (χ4v) is 0.821. The monoisotopic (exact) mass is 166 g/mol. The first-order chi connectivity index (χ1) is 5.72. The van der Waals surface area contributed by atoms with Crippen LogP contribution in [0.4, 0.5) is 0 Å². The first kappa shape index (κ1) is 8.64. The highest BCUT2D eigenvalue weighted by Gasteiger charge is 2.03. The number of esters is 1. The van der Waals surface area contributed by atoms with E-state index in [1.54, 1.807) is 12.4 Å². The maximum absolute atomic E-state index is 10.8. The van der Waals surface area contributed by atoms with Gasteiger partial charge in [0.2, 0.25) is 0 Å². The molecule has 0 N–H and O–H groups in total. The predicted molar refractivity (Wildman–Crippen MR) is 42.5 cm³/mol. The Kier molecular flexibility index (Phi) is 2.74. The maximum Gasteiger partial charge on any atom is 0.311 e. The van der Waals surface area contributed by atoms with Crippen molar-refractivity contribution in [1.82, 2.24) is 9.97 Å². The Hall–Kier alpha value is -1.45. The molecule has 4 nitrogen and oxygen atoms in total. The summed E-state index contributed by atoms with van der Waals surface area (Å²) < 4.78 is 4.49. The maximum atomic E-state index is 10.8. The lowest BCUT2D eigenvalue weighted by atomic mass is 10.3. The average Bonchev–Trinajstić information content (AvgIpc) is 2.04. The van der Waals surface area contributed by atoms with Gasteiger partial charge in [0, 0.05) is 12.4 Å². The smallest absolute Gasteiger partial charge is 0.311 e. The average molecular weight is 166 g/mol. The summed E-state index contributed by atoms with van der Waals surface area (Å²) in [6, 6.07) is 0. The minimum Gasteiger partial charge on any atom is -0.469 e. The number of rotatable bonds is 2. The summed E-state index contributed by atoms with van der Waals surface area (Å²) in [6.45, 7) is 1.83. The van der Waals surface area contributed by atoms with Crippen LogP contribution in [0.25, 0.3) is 0 Å². The fraction of sp³-hybridized carbons (Fsp3) is 0.375. The van der Waals surface area contributed by atoms with Gasteiger partial charge in [-0.3, -0.25) is 14.8 Å². The molecule has 0 amide bonds. The van der Waals surface area contributed by atoms with Crippen LogP contribution in [0.3, 0.4) is 0 Å². The van der Waals surface area contributed by atoms with E-state index in [1.807, 2.05) is 6.92 Å². The summed E-state index contributed by atoms with van der Waals surface area (Å²) in [5, 5.41) is 0. The van der Waals surface area contributed by atoms with Gasteiger partial charge in [-0.15, -0.1) is 0 Å². The molecule has 1 heterocycles. The van der Waals surface area contributed by atoms with Crippen molar-refractivity contribution in [2.24, 2.45) is 0 Å². The van der Waals surface area contributed by atoms with E-state index in [9.17, 15) is 4.79 Å². The van der Waals surface area contributed by atoms with Gasteiger partial charge >= 0.3 is 5.97 Å². The van der Waals surface area contributed by atoms with E-state index in [0.29, 0.717) is 5.69 Å². The van der Waals surface area contributed by atoms with Crippen LogP contribution >= 0.6 is 0 Å². The van der Waals surface area contributed by atoms with Crippen LogP contribution in [0, 0.1) is 6.92 Å². The van der Waals surface area contributed by atoms with Crippen LogP contribution in [0.2, 0.25) is 0 Å². The van der Waals surface area contributed by atoms with Crippen LogP contribution in [0.1, 0.15) is 11.4 Å². The van der Waals surface area contributed by atoms with Gasteiger partial charge in [-0.25, -0.2) is 0 Å². The summed E-state index contributed by atoms with van der Waals surface area (Å²) in [4.78, 5) is 18.8. The number of nitrogens with zero attached hydrogens (tertiary/aromatic N) is 2. The van der Waals surface area contributed by atoms with Gasteiger partial charge in [0.05, 0.1) is 24.9 Å². The lowest BCUT2D eigenvalue weighted by molar-refractivity contribution is -0.139. The molecule has 0 radical (unpaired) electrons. The molecular weight excluding hydrogens is 156 g/mol. The number of hydrogen-bond acceptors (Lipinski definition) is 4. The molecule has 1 rings (SSSR count). The van der Waals surface area contributed by atoms with Crippen molar-refractivity contribution >= 4 is 5.97 Å². The number of carbonyl (C=O) groups is 1. The van der Waals surface area contributed by atoms with Crippen LogP contribution in [-0.4, -0.2) is 23.0 Å². The molecule has 0 atom stereocenters. The molecule has 64 valence electrons. The molecule has 0 spiro atoms. The second-order valence-electron chi connectivity index (χ2n) is 2.40. The second kappa shape index (κ2) is 3.80. The predicted octanol–water partition coefficient (Wildman–Crippen LogP) is 0.501. The zero-order valence-electron chi connectivity index (χ0n) is 7.07. The first-order valence-electron chi connectivity index (χ1n) is 3.56. The zero-order chi connectivity index (χ0) is 8.97. The normalized spacial score (nSPS) is 9.50. The number of carbonyl (C=O) groups excluding carboxylic acids is 1. The molecule has 0 aliphatic rings. The molecule has 0 fully saturated rings. The summed E-state index contributed by atoms with van der Waals surface area (Å²) in [6.07, 6.45) is 3.38. The van der Waals surface area contributed by atoms with Crippen LogP contribution < -0.4 is 0 Å². The van der Waals surface area contributed by atoms with Gasteiger partial charge in [0.1, 0.15) is 0 Å². The van der Waals surface area contributed by atoms with E-state index >= 15 is 0 Å². The molecule has 1 aromatic rings. The molecular formula is C8H10N2O2. The van der Waals surface area contributed by atoms with E-state index in [0.717, 1.165) is 5.69 Å². The third-order valence-corrected chi connectivity index (χ3v) is 1.36. The van der Waals surface area contributed by atoms with E-state index in [1.165, 1.54) is 7.11 Å². The van der Waals surface area contributed by atoms with Gasteiger partial charge in [-0.2, -0.15) is 0 Å². The van der Waals surface area contributed by atoms with Gasteiger partial charge < -0.3 is 4.74 Å². The number of aromatic nitrogens is 2. The largest absolute Gasteiger partial charge is 0.469 e. The molecule has 0 saturated heterocycles. The highest BCUT2D eigenvalue weighted by Crippen LogP contribution is 1.96. The summed E-state index contributed by atoms with van der Waals surface area (Å²) in [7, 11) is 1.35. The third kappa shape index (κ3) is 2.30. The fourth-order valence-electron chi connectivity index (χ4n) is 0.821. The number of ether oxygens (including phenoxy) is 1. The van der Waals surface area contributed by atoms with Gasteiger partial charge in [0.25, 0.3) is 0 Å². The topological polar surface area (TPSA) is 52.1 Å². The molecule has 0 aromatic carbocycles. The minimum atomic E-state index is -0.296. The molecule has 0 saturated carbocycles. The lowest BCUT2D eigenvalue weighted by Gasteiger charge is -1.98. The SMILES string of the molecule is COC(=O)Cc1cncc(C)n1. The van der Waals surface area contributed by atoms with E-state index in [4.69, 9.17) is 0 Å². The summed E-state index contributed by atoms with van der Waals surface area (Å²) in [5.41, 5.74) is 1.44. The Balaban J connectivity index is 2.69. The molecule has 0 aliphatic heterocycles. The Morgan fingerprint density at radius 1 is 1.58 bits per heavy atom. The molecule has 4 heteroatoms. The third-order valence-electron chi connectivity index (χ3n) is 1.36. The van der Waals surface area contributed by atoms with Crippen molar-refractivity contribution in [3.8, 4) is 0 Å². The van der Waals surface area contributed by atoms with E-state index < -0.39 is 0 Å². The Bertz CT molecular complexity index is 286. The van der Waals surface area contributed by atoms with Crippen LogP contribution in [0.15, 0.2) is 12.4 Å². The summed E-state index contributed by atoms with van der Waals surface area (Å²) in [5.74, 6) is -0.296. The van der Waals surface area contributed by atoms with Gasteiger partial charge in [0.15, 0.2) is 0 Å². The number of aryl methyl sites for hydroxylation is 1. The van der Waals surface area contributed by atoms with Crippen molar-refractivity contribution in [3.63, 3.8) is 0 Å². The molecule has 1 aromatic heterocycles. The Morgan fingerprint density at radius 3 is 2.92 bits per heavy atom. The van der Waals surface area contributed by atoms with Gasteiger partial charge in [-0.1, -0.05) is 0 Å². The first-order valence-corrected chi connectivity index (χ1v) is 3.56. The highest BCUT2D eigenvalue weighted by atomic mass is 16.5. The van der Waals surface area contributed by atoms with Crippen LogP contribution in [-0.2, 0) is 16.0 Å². The van der Waals surface area contributed by atoms with Crippen molar-refractivity contribution in [1.29, 1.82) is 0 Å². The standard InChI is InChI=1S/C8H10N2O2/c1-6-4-9-5-7(10-6)3-8(11)12-2/h4-5H,3H2,1-2H3. The minimum absolute atomic E-state index is 0.186. The van der Waals surface area contributed by atoms with E-state index in [-0.39, 0.29) is 12.4 Å².